The zero-order valence-corrected chi connectivity index (χ0v) is 11.6. The number of hydrogen-bond donors (Lipinski definition) is 1. The molecule has 1 aromatic carbocycles. The molecule has 0 amide bonds. The van der Waals surface area contributed by atoms with E-state index in [-0.39, 0.29) is 0 Å². The van der Waals surface area contributed by atoms with Crippen molar-refractivity contribution in [2.24, 2.45) is 0 Å². The largest absolute Gasteiger partial charge is 0.314 e. The van der Waals surface area contributed by atoms with Gasteiger partial charge in [-0.05, 0) is 42.6 Å². The van der Waals surface area contributed by atoms with Crippen molar-refractivity contribution < 1.29 is 0 Å². The number of nitrogens with one attached hydrogen (secondary N) is 1. The van der Waals surface area contributed by atoms with E-state index in [0.717, 1.165) is 19.1 Å². The molecular formula is C16H23N3. The van der Waals surface area contributed by atoms with Crippen molar-refractivity contribution in [2.45, 2.75) is 32.0 Å². The first-order valence-corrected chi connectivity index (χ1v) is 7.66. The summed E-state index contributed by atoms with van der Waals surface area (Å²) >= 11 is 0. The molecule has 0 aliphatic carbocycles. The maximum absolute atomic E-state index is 3.38. The molecule has 3 aliphatic rings. The second-order valence-electron chi connectivity index (χ2n) is 6.27. The van der Waals surface area contributed by atoms with E-state index in [0.29, 0.717) is 0 Å². The molecule has 3 nitrogen and oxygen atoms in total. The molecule has 0 aromatic heterocycles. The molecule has 0 unspecified atom stereocenters. The molecule has 19 heavy (non-hydrogen) atoms. The van der Waals surface area contributed by atoms with E-state index in [1.165, 1.54) is 51.1 Å². The first-order valence-electron chi connectivity index (χ1n) is 7.66. The normalized spacial score (nSPS) is 24.6. The van der Waals surface area contributed by atoms with Gasteiger partial charge < -0.3 is 5.32 Å². The number of nitrogens with zero attached hydrogens (tertiary/aromatic N) is 2. The summed E-state index contributed by atoms with van der Waals surface area (Å²) in [6.07, 6.45) is 2.62. The molecule has 4 rings (SSSR count). The smallest absolute Gasteiger partial charge is 0.0349 e. The van der Waals surface area contributed by atoms with Crippen molar-refractivity contribution in [3.63, 3.8) is 0 Å². The lowest BCUT2D eigenvalue weighted by Gasteiger charge is -2.41. The van der Waals surface area contributed by atoms with E-state index in [9.17, 15) is 0 Å². The van der Waals surface area contributed by atoms with Crippen LogP contribution >= 0.6 is 0 Å². The predicted molar refractivity (Wildman–Crippen MR) is 77.1 cm³/mol. The minimum absolute atomic E-state index is 0.786. The number of fused-ring (bicyclic) bond motifs is 1. The van der Waals surface area contributed by atoms with E-state index >= 15 is 0 Å². The Morgan fingerprint density at radius 2 is 2.00 bits per heavy atom. The Hall–Kier alpha value is -0.900. The Morgan fingerprint density at radius 3 is 2.68 bits per heavy atom. The van der Waals surface area contributed by atoms with E-state index in [4.69, 9.17) is 0 Å². The summed E-state index contributed by atoms with van der Waals surface area (Å²) in [5.74, 6) is 0. The second kappa shape index (κ2) is 4.89. The number of hydrogen-bond acceptors (Lipinski definition) is 3. The average Bonchev–Trinajstić information content (AvgIpc) is 2.32. The van der Waals surface area contributed by atoms with E-state index in [1.807, 2.05) is 0 Å². The molecule has 0 saturated carbocycles. The van der Waals surface area contributed by atoms with Gasteiger partial charge in [-0.3, -0.25) is 9.80 Å². The fraction of sp³-hybridized carbons (Fsp3) is 0.625. The van der Waals surface area contributed by atoms with Crippen molar-refractivity contribution in [2.75, 3.05) is 32.7 Å². The molecule has 3 heteroatoms. The SMILES string of the molecule is c1cc2c(cc1CN1CCC1)CCN(C1CNC1)C2. The molecule has 2 fully saturated rings. The molecule has 1 N–H and O–H groups in total. The monoisotopic (exact) mass is 257 g/mol. The lowest BCUT2D eigenvalue weighted by Crippen LogP contribution is -2.58. The second-order valence-corrected chi connectivity index (χ2v) is 6.27. The summed E-state index contributed by atoms with van der Waals surface area (Å²) in [6.45, 7) is 8.51. The summed E-state index contributed by atoms with van der Waals surface area (Å²) in [5.41, 5.74) is 4.67. The van der Waals surface area contributed by atoms with E-state index < -0.39 is 0 Å². The lowest BCUT2D eigenvalue weighted by molar-refractivity contribution is 0.131. The molecule has 102 valence electrons. The molecule has 2 saturated heterocycles. The zero-order chi connectivity index (χ0) is 12.7. The summed E-state index contributed by atoms with van der Waals surface area (Å²) in [4.78, 5) is 5.19. The highest BCUT2D eigenvalue weighted by molar-refractivity contribution is 5.34. The topological polar surface area (TPSA) is 18.5 Å². The van der Waals surface area contributed by atoms with Crippen LogP contribution in [0.2, 0.25) is 0 Å². The van der Waals surface area contributed by atoms with Gasteiger partial charge in [-0.1, -0.05) is 18.2 Å². The third-order valence-corrected chi connectivity index (χ3v) is 4.94. The van der Waals surface area contributed by atoms with Gasteiger partial charge in [0.05, 0.1) is 0 Å². The van der Waals surface area contributed by atoms with Gasteiger partial charge in [-0.2, -0.15) is 0 Å². The summed E-state index contributed by atoms with van der Waals surface area (Å²) in [6, 6.07) is 7.97. The minimum atomic E-state index is 0.786. The van der Waals surface area contributed by atoms with Crippen molar-refractivity contribution in [3.8, 4) is 0 Å². The van der Waals surface area contributed by atoms with Gasteiger partial charge >= 0.3 is 0 Å². The number of rotatable bonds is 3. The zero-order valence-electron chi connectivity index (χ0n) is 11.6. The van der Waals surface area contributed by atoms with Gasteiger partial charge in [0.1, 0.15) is 0 Å². The van der Waals surface area contributed by atoms with Crippen molar-refractivity contribution in [3.05, 3.63) is 34.9 Å². The van der Waals surface area contributed by atoms with Gasteiger partial charge in [-0.25, -0.2) is 0 Å². The third-order valence-electron chi connectivity index (χ3n) is 4.94. The molecular weight excluding hydrogens is 234 g/mol. The van der Waals surface area contributed by atoms with Crippen LogP contribution < -0.4 is 5.32 Å². The van der Waals surface area contributed by atoms with Crippen LogP contribution in [0.5, 0.6) is 0 Å². The van der Waals surface area contributed by atoms with Crippen LogP contribution in [0, 0.1) is 0 Å². The fourth-order valence-electron chi connectivity index (χ4n) is 3.37. The molecule has 0 radical (unpaired) electrons. The van der Waals surface area contributed by atoms with Crippen LogP contribution in [-0.4, -0.2) is 48.6 Å². The molecule has 3 heterocycles. The van der Waals surface area contributed by atoms with Crippen LogP contribution in [0.3, 0.4) is 0 Å². The molecule has 0 spiro atoms. The standard InChI is InChI=1S/C16H23N3/c1-5-18(6-1)11-13-2-3-15-12-19(16-9-17-10-16)7-4-14(15)8-13/h2-3,8,16-17H,1,4-7,9-12H2. The predicted octanol–water partition coefficient (Wildman–Crippen LogP) is 1.22. The van der Waals surface area contributed by atoms with Crippen LogP contribution in [-0.2, 0) is 19.5 Å². The van der Waals surface area contributed by atoms with Crippen LogP contribution in [0.15, 0.2) is 18.2 Å². The minimum Gasteiger partial charge on any atom is -0.314 e. The first-order chi connectivity index (χ1) is 9.38. The Kier molecular flexibility index (Phi) is 3.06. The maximum Gasteiger partial charge on any atom is 0.0349 e. The Bertz CT molecular complexity index is 463. The van der Waals surface area contributed by atoms with Crippen molar-refractivity contribution in [1.29, 1.82) is 0 Å². The van der Waals surface area contributed by atoms with Gasteiger partial charge in [0.15, 0.2) is 0 Å². The van der Waals surface area contributed by atoms with Crippen LogP contribution in [0.25, 0.3) is 0 Å². The third kappa shape index (κ3) is 2.31. The summed E-state index contributed by atoms with van der Waals surface area (Å²) in [7, 11) is 0. The molecule has 0 bridgehead atoms. The molecule has 3 aliphatic heterocycles. The Labute approximate surface area is 115 Å². The first kappa shape index (κ1) is 11.9. The number of benzene rings is 1. The lowest BCUT2D eigenvalue weighted by atomic mass is 9.95. The van der Waals surface area contributed by atoms with Crippen molar-refractivity contribution in [1.82, 2.24) is 15.1 Å². The quantitative estimate of drug-likeness (QED) is 0.878. The van der Waals surface area contributed by atoms with Crippen molar-refractivity contribution >= 4 is 0 Å². The highest BCUT2D eigenvalue weighted by atomic mass is 15.2. The number of likely N-dealkylation sites (tertiary alicyclic amines) is 1. The molecule has 1 aromatic rings. The maximum atomic E-state index is 3.38. The van der Waals surface area contributed by atoms with E-state index in [1.54, 1.807) is 11.1 Å². The average molecular weight is 257 g/mol. The van der Waals surface area contributed by atoms with Gasteiger partial charge in [-0.15, -0.1) is 0 Å². The fourth-order valence-corrected chi connectivity index (χ4v) is 3.37. The highest BCUT2D eigenvalue weighted by Crippen LogP contribution is 2.24. The van der Waals surface area contributed by atoms with Crippen LogP contribution in [0.4, 0.5) is 0 Å². The van der Waals surface area contributed by atoms with Crippen LogP contribution in [0.1, 0.15) is 23.1 Å². The van der Waals surface area contributed by atoms with Gasteiger partial charge in [0, 0.05) is 38.8 Å². The van der Waals surface area contributed by atoms with Gasteiger partial charge in [0.2, 0.25) is 0 Å². The Balaban J connectivity index is 1.46. The summed E-state index contributed by atoms with van der Waals surface area (Å²) in [5, 5.41) is 3.38. The van der Waals surface area contributed by atoms with E-state index in [2.05, 4.69) is 33.3 Å². The highest BCUT2D eigenvalue weighted by Gasteiger charge is 2.27. The summed E-state index contributed by atoms with van der Waals surface area (Å²) < 4.78 is 0. The van der Waals surface area contributed by atoms with Gasteiger partial charge in [0.25, 0.3) is 0 Å². The Morgan fingerprint density at radius 1 is 1.11 bits per heavy atom. The molecule has 0 atom stereocenters.